The molecule has 0 bridgehead atoms. The lowest BCUT2D eigenvalue weighted by atomic mass is 9.99. The summed E-state index contributed by atoms with van der Waals surface area (Å²) >= 11 is 1.68. The summed E-state index contributed by atoms with van der Waals surface area (Å²) in [6.07, 6.45) is 4.69. The Labute approximate surface area is 151 Å². The van der Waals surface area contributed by atoms with Crippen molar-refractivity contribution in [2.45, 2.75) is 32.2 Å². The summed E-state index contributed by atoms with van der Waals surface area (Å²) in [5, 5.41) is 8.37. The Morgan fingerprint density at radius 1 is 1.32 bits per heavy atom. The average molecular weight is 357 g/mol. The zero-order valence-corrected chi connectivity index (χ0v) is 15.2. The van der Waals surface area contributed by atoms with Crippen LogP contribution in [0.2, 0.25) is 0 Å². The van der Waals surface area contributed by atoms with Gasteiger partial charge in [0.1, 0.15) is 11.5 Å². The summed E-state index contributed by atoms with van der Waals surface area (Å²) in [6, 6.07) is 7.86. The van der Waals surface area contributed by atoms with E-state index in [1.54, 1.807) is 22.6 Å². The van der Waals surface area contributed by atoms with Crippen LogP contribution in [0.1, 0.15) is 42.9 Å². The Morgan fingerprint density at radius 3 is 2.84 bits per heavy atom. The number of carbonyl (C=O) groups is 1. The Kier molecular flexibility index (Phi) is 4.72. The van der Waals surface area contributed by atoms with Crippen LogP contribution in [0.3, 0.4) is 0 Å². The van der Waals surface area contributed by atoms with E-state index in [1.807, 2.05) is 18.2 Å². The van der Waals surface area contributed by atoms with Gasteiger partial charge in [-0.1, -0.05) is 13.0 Å². The molecule has 4 heterocycles. The summed E-state index contributed by atoms with van der Waals surface area (Å²) in [7, 11) is 0. The number of hydrazone groups is 1. The molecule has 2 aliphatic rings. The Hall–Kier alpha value is -1.92. The number of amides is 1. The molecule has 2 aromatic heterocycles. The zero-order valence-electron chi connectivity index (χ0n) is 14.4. The van der Waals surface area contributed by atoms with Gasteiger partial charge in [0.15, 0.2) is 0 Å². The van der Waals surface area contributed by atoms with Crippen LogP contribution in [0.5, 0.6) is 0 Å². The third-order valence-electron chi connectivity index (χ3n) is 5.08. The SMILES string of the molecule is CC1CCN(CC(=O)N2N=C(c3ccco3)C[C@H]2c2cccs2)CC1. The van der Waals surface area contributed by atoms with E-state index in [4.69, 9.17) is 4.42 Å². The molecule has 132 valence electrons. The third-order valence-corrected chi connectivity index (χ3v) is 6.05. The van der Waals surface area contributed by atoms with Gasteiger partial charge in [0.25, 0.3) is 5.91 Å². The van der Waals surface area contributed by atoms with Gasteiger partial charge in [0, 0.05) is 11.3 Å². The van der Waals surface area contributed by atoms with Crippen LogP contribution in [0.15, 0.2) is 45.4 Å². The molecule has 0 unspecified atom stereocenters. The first-order chi connectivity index (χ1) is 12.2. The molecule has 6 heteroatoms. The minimum absolute atomic E-state index is 0.0173. The number of likely N-dealkylation sites (tertiary alicyclic amines) is 1. The van der Waals surface area contributed by atoms with E-state index in [2.05, 4.69) is 28.4 Å². The maximum atomic E-state index is 13.0. The first kappa shape index (κ1) is 16.5. The van der Waals surface area contributed by atoms with E-state index in [0.29, 0.717) is 13.0 Å². The predicted molar refractivity (Wildman–Crippen MR) is 98.6 cm³/mol. The summed E-state index contributed by atoms with van der Waals surface area (Å²) in [5.41, 5.74) is 0.851. The van der Waals surface area contributed by atoms with Gasteiger partial charge in [0.2, 0.25) is 0 Å². The molecule has 0 radical (unpaired) electrons. The van der Waals surface area contributed by atoms with E-state index in [-0.39, 0.29) is 11.9 Å². The van der Waals surface area contributed by atoms with Crippen LogP contribution in [-0.2, 0) is 4.79 Å². The fourth-order valence-electron chi connectivity index (χ4n) is 3.52. The molecule has 2 aromatic rings. The van der Waals surface area contributed by atoms with E-state index >= 15 is 0 Å². The number of nitrogens with zero attached hydrogens (tertiary/aromatic N) is 3. The highest BCUT2D eigenvalue weighted by Crippen LogP contribution is 2.35. The highest BCUT2D eigenvalue weighted by Gasteiger charge is 2.35. The molecule has 1 saturated heterocycles. The topological polar surface area (TPSA) is 49.1 Å². The highest BCUT2D eigenvalue weighted by molar-refractivity contribution is 7.10. The highest BCUT2D eigenvalue weighted by atomic mass is 32.1. The number of carbonyl (C=O) groups excluding carboxylic acids is 1. The smallest absolute Gasteiger partial charge is 0.257 e. The first-order valence-electron chi connectivity index (χ1n) is 8.90. The van der Waals surface area contributed by atoms with Crippen LogP contribution in [-0.4, -0.2) is 41.2 Å². The van der Waals surface area contributed by atoms with Crippen molar-refractivity contribution in [2.24, 2.45) is 11.0 Å². The van der Waals surface area contributed by atoms with Gasteiger partial charge >= 0.3 is 0 Å². The van der Waals surface area contributed by atoms with Crippen molar-refractivity contribution in [3.8, 4) is 0 Å². The van der Waals surface area contributed by atoms with Crippen LogP contribution in [0.25, 0.3) is 0 Å². The molecule has 4 rings (SSSR count). The number of hydrogen-bond acceptors (Lipinski definition) is 5. The van der Waals surface area contributed by atoms with Gasteiger partial charge in [-0.3, -0.25) is 9.69 Å². The number of piperidine rings is 1. The molecule has 25 heavy (non-hydrogen) atoms. The van der Waals surface area contributed by atoms with Gasteiger partial charge in [0.05, 0.1) is 18.8 Å². The lowest BCUT2D eigenvalue weighted by Crippen LogP contribution is -2.41. The van der Waals surface area contributed by atoms with E-state index < -0.39 is 0 Å². The molecule has 0 aliphatic carbocycles. The maximum Gasteiger partial charge on any atom is 0.257 e. The quantitative estimate of drug-likeness (QED) is 0.837. The molecule has 1 amide bonds. The second-order valence-electron chi connectivity index (χ2n) is 6.96. The first-order valence-corrected chi connectivity index (χ1v) is 9.78. The molecule has 0 aromatic carbocycles. The van der Waals surface area contributed by atoms with Gasteiger partial charge < -0.3 is 4.42 Å². The van der Waals surface area contributed by atoms with Crippen LogP contribution < -0.4 is 0 Å². The maximum absolute atomic E-state index is 13.0. The summed E-state index contributed by atoms with van der Waals surface area (Å²) in [6.45, 7) is 4.73. The van der Waals surface area contributed by atoms with Crippen molar-refractivity contribution >= 4 is 23.0 Å². The van der Waals surface area contributed by atoms with E-state index in [1.165, 1.54) is 17.7 Å². The van der Waals surface area contributed by atoms with Crippen molar-refractivity contribution in [3.05, 3.63) is 46.5 Å². The zero-order chi connectivity index (χ0) is 17.2. The van der Waals surface area contributed by atoms with Crippen molar-refractivity contribution in [1.29, 1.82) is 0 Å². The van der Waals surface area contributed by atoms with Gasteiger partial charge in [-0.05, 0) is 55.4 Å². The summed E-state index contributed by atoms with van der Waals surface area (Å²) < 4.78 is 5.50. The second-order valence-corrected chi connectivity index (χ2v) is 7.94. The summed E-state index contributed by atoms with van der Waals surface area (Å²) in [4.78, 5) is 16.4. The van der Waals surface area contributed by atoms with Crippen LogP contribution in [0.4, 0.5) is 0 Å². The Bertz CT molecular complexity index is 731. The molecule has 5 nitrogen and oxygen atoms in total. The monoisotopic (exact) mass is 357 g/mol. The van der Waals surface area contributed by atoms with Crippen molar-refractivity contribution in [1.82, 2.24) is 9.91 Å². The number of hydrogen-bond donors (Lipinski definition) is 0. The van der Waals surface area contributed by atoms with Gasteiger partial charge in [-0.25, -0.2) is 5.01 Å². The minimum Gasteiger partial charge on any atom is -0.463 e. The number of furan rings is 1. The molecule has 2 aliphatic heterocycles. The van der Waals surface area contributed by atoms with Crippen molar-refractivity contribution < 1.29 is 9.21 Å². The normalized spacial score (nSPS) is 22.4. The Morgan fingerprint density at radius 2 is 2.16 bits per heavy atom. The molecular formula is C19H23N3O2S. The fourth-order valence-corrected chi connectivity index (χ4v) is 4.33. The van der Waals surface area contributed by atoms with Gasteiger partial charge in [-0.15, -0.1) is 11.3 Å². The minimum atomic E-state index is -0.0173. The van der Waals surface area contributed by atoms with Gasteiger partial charge in [-0.2, -0.15) is 5.10 Å². The molecule has 1 fully saturated rings. The van der Waals surface area contributed by atoms with Crippen molar-refractivity contribution in [3.63, 3.8) is 0 Å². The lowest BCUT2D eigenvalue weighted by Gasteiger charge is -2.31. The molecule has 0 N–H and O–H groups in total. The number of rotatable bonds is 4. The second kappa shape index (κ2) is 7.14. The summed E-state index contributed by atoms with van der Waals surface area (Å²) in [5.74, 6) is 1.60. The lowest BCUT2D eigenvalue weighted by molar-refractivity contribution is -0.134. The predicted octanol–water partition coefficient (Wildman–Crippen LogP) is 3.75. The molecule has 1 atom stereocenters. The largest absolute Gasteiger partial charge is 0.463 e. The molecule has 0 spiro atoms. The van der Waals surface area contributed by atoms with Crippen LogP contribution in [0, 0.1) is 5.92 Å². The Balaban J connectivity index is 1.52. The average Bonchev–Trinajstić information content (AvgIpc) is 3.36. The van der Waals surface area contributed by atoms with Crippen molar-refractivity contribution in [2.75, 3.05) is 19.6 Å². The van der Waals surface area contributed by atoms with Crippen LogP contribution >= 0.6 is 11.3 Å². The van der Waals surface area contributed by atoms with E-state index in [9.17, 15) is 4.79 Å². The molecule has 0 saturated carbocycles. The third kappa shape index (κ3) is 3.55. The number of thiophene rings is 1. The standard InChI is InChI=1S/C19H23N3O2S/c1-14-6-8-21(9-7-14)13-19(23)22-16(18-5-3-11-25-18)12-15(20-22)17-4-2-10-24-17/h2-5,10-11,14,16H,6-9,12-13H2,1H3/t16-/m0/s1. The fraction of sp³-hybridized carbons (Fsp3) is 0.474. The van der Waals surface area contributed by atoms with E-state index in [0.717, 1.165) is 30.5 Å². The molecular weight excluding hydrogens is 334 g/mol.